The molecule has 31 heavy (non-hydrogen) atoms. The SMILES string of the molecule is CCCCCCCCCCCCC(Oc1ccc(-c2ccccc2)cc1)C(=O)OCC. The third-order valence-electron chi connectivity index (χ3n) is 5.61. The van der Waals surface area contributed by atoms with Crippen molar-refractivity contribution in [2.45, 2.75) is 90.6 Å². The van der Waals surface area contributed by atoms with Crippen LogP contribution in [0.5, 0.6) is 5.75 Å². The Kier molecular flexibility index (Phi) is 12.5. The van der Waals surface area contributed by atoms with Gasteiger partial charge in [0.1, 0.15) is 5.75 Å². The van der Waals surface area contributed by atoms with E-state index in [4.69, 9.17) is 9.47 Å². The van der Waals surface area contributed by atoms with Gasteiger partial charge in [-0.05, 0) is 43.0 Å². The Morgan fingerprint density at radius 3 is 1.84 bits per heavy atom. The van der Waals surface area contributed by atoms with Crippen molar-refractivity contribution in [3.05, 3.63) is 54.6 Å². The Morgan fingerprint density at radius 1 is 0.710 bits per heavy atom. The van der Waals surface area contributed by atoms with E-state index in [1.807, 2.05) is 49.4 Å². The standard InChI is InChI=1S/C28H40O3/c1-3-5-6-7-8-9-10-11-12-16-19-27(28(29)30-4-2)31-26-22-20-25(21-23-26)24-17-14-13-15-18-24/h13-15,17-18,20-23,27H,3-12,16,19H2,1-2H3. The summed E-state index contributed by atoms with van der Waals surface area (Å²) in [7, 11) is 0. The van der Waals surface area contributed by atoms with Crippen molar-refractivity contribution in [3.63, 3.8) is 0 Å². The highest BCUT2D eigenvalue weighted by molar-refractivity contribution is 5.75. The minimum atomic E-state index is -0.531. The van der Waals surface area contributed by atoms with Gasteiger partial charge < -0.3 is 9.47 Å². The van der Waals surface area contributed by atoms with Crippen LogP contribution in [-0.2, 0) is 9.53 Å². The van der Waals surface area contributed by atoms with Gasteiger partial charge in [0, 0.05) is 0 Å². The molecule has 0 saturated heterocycles. The van der Waals surface area contributed by atoms with Gasteiger partial charge in [-0.2, -0.15) is 0 Å². The van der Waals surface area contributed by atoms with Gasteiger partial charge in [0.25, 0.3) is 0 Å². The summed E-state index contributed by atoms with van der Waals surface area (Å²) in [5.74, 6) is 0.454. The summed E-state index contributed by atoms with van der Waals surface area (Å²) in [4.78, 5) is 12.4. The van der Waals surface area contributed by atoms with E-state index in [1.54, 1.807) is 0 Å². The van der Waals surface area contributed by atoms with Crippen molar-refractivity contribution in [1.82, 2.24) is 0 Å². The Hall–Kier alpha value is -2.29. The fourth-order valence-electron chi connectivity index (χ4n) is 3.80. The second-order valence-electron chi connectivity index (χ2n) is 8.22. The van der Waals surface area contributed by atoms with Crippen LogP contribution in [0.1, 0.15) is 84.5 Å². The molecule has 170 valence electrons. The first-order valence-corrected chi connectivity index (χ1v) is 12.2. The molecule has 2 aromatic rings. The van der Waals surface area contributed by atoms with Crippen LogP contribution in [0.4, 0.5) is 0 Å². The van der Waals surface area contributed by atoms with E-state index in [0.29, 0.717) is 18.8 Å². The topological polar surface area (TPSA) is 35.5 Å². The summed E-state index contributed by atoms with van der Waals surface area (Å²) in [5.41, 5.74) is 2.30. The average Bonchev–Trinajstić information content (AvgIpc) is 2.80. The van der Waals surface area contributed by atoms with Gasteiger partial charge in [-0.1, -0.05) is 107 Å². The molecule has 0 radical (unpaired) electrons. The highest BCUT2D eigenvalue weighted by Gasteiger charge is 2.21. The highest BCUT2D eigenvalue weighted by atomic mass is 16.6. The summed E-state index contributed by atoms with van der Waals surface area (Å²) in [5, 5.41) is 0. The molecule has 0 aliphatic heterocycles. The number of benzene rings is 2. The maximum absolute atomic E-state index is 12.4. The second kappa shape index (κ2) is 15.5. The zero-order valence-electron chi connectivity index (χ0n) is 19.5. The van der Waals surface area contributed by atoms with E-state index in [0.717, 1.165) is 18.4 Å². The van der Waals surface area contributed by atoms with Gasteiger partial charge in [0.15, 0.2) is 6.10 Å². The van der Waals surface area contributed by atoms with Crippen LogP contribution in [0.2, 0.25) is 0 Å². The Morgan fingerprint density at radius 2 is 1.26 bits per heavy atom. The molecule has 0 spiro atoms. The van der Waals surface area contributed by atoms with Gasteiger partial charge in [-0.25, -0.2) is 4.79 Å². The number of ether oxygens (including phenoxy) is 2. The molecule has 0 aromatic heterocycles. The molecule has 0 aliphatic carbocycles. The normalized spacial score (nSPS) is 11.8. The lowest BCUT2D eigenvalue weighted by molar-refractivity contribution is -0.151. The largest absolute Gasteiger partial charge is 0.479 e. The van der Waals surface area contributed by atoms with Crippen LogP contribution < -0.4 is 4.74 Å². The molecule has 0 heterocycles. The maximum Gasteiger partial charge on any atom is 0.347 e. The van der Waals surface area contributed by atoms with E-state index in [2.05, 4.69) is 19.1 Å². The lowest BCUT2D eigenvalue weighted by atomic mass is 10.0. The van der Waals surface area contributed by atoms with Crippen molar-refractivity contribution in [2.24, 2.45) is 0 Å². The number of hydrogen-bond donors (Lipinski definition) is 0. The predicted octanol–water partition coefficient (Wildman–Crippen LogP) is 7.98. The number of carbonyl (C=O) groups excluding carboxylic acids is 1. The molecule has 0 bridgehead atoms. The molecule has 2 aromatic carbocycles. The molecule has 0 saturated carbocycles. The quantitative estimate of drug-likeness (QED) is 0.202. The molecular formula is C28H40O3. The number of esters is 1. The molecule has 2 rings (SSSR count). The van der Waals surface area contributed by atoms with Crippen molar-refractivity contribution in [3.8, 4) is 16.9 Å². The molecule has 1 atom stereocenters. The van der Waals surface area contributed by atoms with Crippen LogP contribution in [0.3, 0.4) is 0 Å². The molecule has 3 heteroatoms. The Labute approximate surface area is 189 Å². The van der Waals surface area contributed by atoms with E-state index in [9.17, 15) is 4.79 Å². The van der Waals surface area contributed by atoms with Crippen LogP contribution >= 0.6 is 0 Å². The number of unbranched alkanes of at least 4 members (excludes halogenated alkanes) is 9. The first-order valence-electron chi connectivity index (χ1n) is 12.2. The van der Waals surface area contributed by atoms with E-state index in [1.165, 1.54) is 56.9 Å². The van der Waals surface area contributed by atoms with Gasteiger partial charge in [0.05, 0.1) is 6.61 Å². The first kappa shape index (κ1) is 25.0. The van der Waals surface area contributed by atoms with Crippen molar-refractivity contribution >= 4 is 5.97 Å². The summed E-state index contributed by atoms with van der Waals surface area (Å²) in [6.07, 6.45) is 12.9. The summed E-state index contributed by atoms with van der Waals surface area (Å²) in [6, 6.07) is 18.2. The highest BCUT2D eigenvalue weighted by Crippen LogP contribution is 2.24. The lowest BCUT2D eigenvalue weighted by Gasteiger charge is -2.18. The first-order chi connectivity index (χ1) is 15.2. The zero-order chi connectivity index (χ0) is 22.2. The maximum atomic E-state index is 12.4. The van der Waals surface area contributed by atoms with E-state index in [-0.39, 0.29) is 5.97 Å². The second-order valence-corrected chi connectivity index (χ2v) is 8.22. The summed E-state index contributed by atoms with van der Waals surface area (Å²) >= 11 is 0. The van der Waals surface area contributed by atoms with Gasteiger partial charge >= 0.3 is 5.97 Å². The van der Waals surface area contributed by atoms with Crippen molar-refractivity contribution < 1.29 is 14.3 Å². The van der Waals surface area contributed by atoms with E-state index < -0.39 is 6.10 Å². The molecule has 0 amide bonds. The Bertz CT molecular complexity index is 709. The lowest BCUT2D eigenvalue weighted by Crippen LogP contribution is -2.29. The van der Waals surface area contributed by atoms with E-state index >= 15 is 0 Å². The van der Waals surface area contributed by atoms with Crippen molar-refractivity contribution in [2.75, 3.05) is 6.61 Å². The van der Waals surface area contributed by atoms with Gasteiger partial charge in [-0.3, -0.25) is 0 Å². The number of rotatable bonds is 16. The minimum absolute atomic E-state index is 0.259. The van der Waals surface area contributed by atoms with Gasteiger partial charge in [0.2, 0.25) is 0 Å². The molecule has 3 nitrogen and oxygen atoms in total. The molecule has 0 fully saturated rings. The van der Waals surface area contributed by atoms with Crippen molar-refractivity contribution in [1.29, 1.82) is 0 Å². The summed E-state index contributed by atoms with van der Waals surface area (Å²) < 4.78 is 11.3. The third kappa shape index (κ3) is 10.0. The average molecular weight is 425 g/mol. The van der Waals surface area contributed by atoms with Crippen LogP contribution in [0.25, 0.3) is 11.1 Å². The monoisotopic (exact) mass is 424 g/mol. The fourth-order valence-corrected chi connectivity index (χ4v) is 3.80. The van der Waals surface area contributed by atoms with Crippen LogP contribution in [0.15, 0.2) is 54.6 Å². The third-order valence-corrected chi connectivity index (χ3v) is 5.61. The zero-order valence-corrected chi connectivity index (χ0v) is 19.5. The number of hydrogen-bond acceptors (Lipinski definition) is 3. The van der Waals surface area contributed by atoms with Crippen LogP contribution in [-0.4, -0.2) is 18.7 Å². The predicted molar refractivity (Wildman–Crippen MR) is 129 cm³/mol. The number of carbonyl (C=O) groups is 1. The van der Waals surface area contributed by atoms with Gasteiger partial charge in [-0.15, -0.1) is 0 Å². The smallest absolute Gasteiger partial charge is 0.347 e. The molecule has 0 aliphatic rings. The molecule has 0 N–H and O–H groups in total. The summed E-state index contributed by atoms with van der Waals surface area (Å²) in [6.45, 7) is 4.47. The molecule has 1 unspecified atom stereocenters. The minimum Gasteiger partial charge on any atom is -0.479 e. The molecular weight excluding hydrogens is 384 g/mol. The Balaban J connectivity index is 1.75. The fraction of sp³-hybridized carbons (Fsp3) is 0.536. The van der Waals surface area contributed by atoms with Crippen LogP contribution in [0, 0.1) is 0 Å².